The van der Waals surface area contributed by atoms with E-state index < -0.39 is 17.2 Å². The van der Waals surface area contributed by atoms with Crippen molar-refractivity contribution in [3.05, 3.63) is 68.5 Å². The molecule has 2 aromatic rings. The number of nitrogens with one attached hydrogen (secondary N) is 1. The van der Waals surface area contributed by atoms with E-state index in [4.69, 9.17) is 4.74 Å². The summed E-state index contributed by atoms with van der Waals surface area (Å²) in [6.45, 7) is 0.488. The van der Waals surface area contributed by atoms with Gasteiger partial charge in [0.15, 0.2) is 0 Å². The number of aromatic nitrogens is 2. The summed E-state index contributed by atoms with van der Waals surface area (Å²) in [5, 5.41) is 2.92. The Bertz CT molecular complexity index is 901. The molecule has 26 heavy (non-hydrogen) atoms. The molecular weight excluding hydrogens is 334 g/mol. The third kappa shape index (κ3) is 3.77. The van der Waals surface area contributed by atoms with Crippen molar-refractivity contribution in [2.24, 2.45) is 14.1 Å². The van der Waals surface area contributed by atoms with Gasteiger partial charge in [0.05, 0.1) is 18.8 Å². The average Bonchev–Trinajstić information content (AvgIpc) is 3.09. The van der Waals surface area contributed by atoms with Crippen LogP contribution in [-0.4, -0.2) is 27.2 Å². The van der Waals surface area contributed by atoms with Crippen LogP contribution in [0.4, 0.5) is 0 Å². The van der Waals surface area contributed by atoms with Gasteiger partial charge in [-0.2, -0.15) is 0 Å². The molecule has 1 amide bonds. The largest absolute Gasteiger partial charge is 0.371 e. The maximum absolute atomic E-state index is 12.6. The second-order valence-corrected chi connectivity index (χ2v) is 6.61. The quantitative estimate of drug-likeness (QED) is 0.864. The van der Waals surface area contributed by atoms with Crippen molar-refractivity contribution < 1.29 is 9.53 Å². The van der Waals surface area contributed by atoms with E-state index in [0.717, 1.165) is 29.4 Å². The Morgan fingerprint density at radius 2 is 1.88 bits per heavy atom. The molecule has 7 nitrogen and oxygen atoms in total. The molecule has 3 rings (SSSR count). The van der Waals surface area contributed by atoms with E-state index in [1.165, 1.54) is 24.7 Å². The molecule has 1 aliphatic rings. The first-order valence-electron chi connectivity index (χ1n) is 8.71. The molecule has 0 unspecified atom stereocenters. The van der Waals surface area contributed by atoms with Gasteiger partial charge in [0.1, 0.15) is 5.69 Å². The highest BCUT2D eigenvalue weighted by Crippen LogP contribution is 2.23. The summed E-state index contributed by atoms with van der Waals surface area (Å²) in [4.78, 5) is 36.4. The van der Waals surface area contributed by atoms with E-state index in [1.54, 1.807) is 0 Å². The zero-order valence-electron chi connectivity index (χ0n) is 15.0. The van der Waals surface area contributed by atoms with Crippen LogP contribution in [0, 0.1) is 0 Å². The summed E-state index contributed by atoms with van der Waals surface area (Å²) >= 11 is 0. The van der Waals surface area contributed by atoms with Crippen molar-refractivity contribution in [2.75, 3.05) is 0 Å². The van der Waals surface area contributed by atoms with Crippen molar-refractivity contribution in [1.82, 2.24) is 14.5 Å². The lowest BCUT2D eigenvalue weighted by atomic mass is 10.2. The molecule has 138 valence electrons. The maximum atomic E-state index is 12.6. The van der Waals surface area contributed by atoms with E-state index in [9.17, 15) is 14.4 Å². The number of hydrogen-bond donors (Lipinski definition) is 1. The summed E-state index contributed by atoms with van der Waals surface area (Å²) in [7, 11) is 2.87. The fourth-order valence-electron chi connectivity index (χ4n) is 3.26. The normalized spacial score (nSPS) is 19.5. The van der Waals surface area contributed by atoms with Crippen LogP contribution in [0.2, 0.25) is 0 Å². The van der Waals surface area contributed by atoms with E-state index in [0.29, 0.717) is 6.61 Å². The summed E-state index contributed by atoms with van der Waals surface area (Å²) in [5.41, 5.74) is 0.123. The number of carbonyl (C=O) groups is 1. The zero-order chi connectivity index (χ0) is 18.7. The average molecular weight is 357 g/mol. The predicted octanol–water partition coefficient (Wildman–Crippen LogP) is 0.952. The molecular formula is C19H23N3O4. The first kappa shape index (κ1) is 18.1. The molecule has 7 heteroatoms. The first-order chi connectivity index (χ1) is 12.5. The van der Waals surface area contributed by atoms with Crippen LogP contribution in [0.5, 0.6) is 0 Å². The van der Waals surface area contributed by atoms with Crippen molar-refractivity contribution in [2.45, 2.75) is 38.0 Å². The Morgan fingerprint density at radius 1 is 1.15 bits per heavy atom. The predicted molar refractivity (Wildman–Crippen MR) is 97.0 cm³/mol. The van der Waals surface area contributed by atoms with Gasteiger partial charge in [-0.1, -0.05) is 30.3 Å². The zero-order valence-corrected chi connectivity index (χ0v) is 15.0. The molecule has 0 bridgehead atoms. The topological polar surface area (TPSA) is 82.3 Å². The van der Waals surface area contributed by atoms with Gasteiger partial charge in [-0.05, 0) is 24.8 Å². The summed E-state index contributed by atoms with van der Waals surface area (Å²) in [6.07, 6.45) is 2.56. The van der Waals surface area contributed by atoms with E-state index in [-0.39, 0.29) is 17.8 Å². The summed E-state index contributed by atoms with van der Waals surface area (Å²) in [6, 6.07) is 10.9. The number of hydrogen-bond acceptors (Lipinski definition) is 4. The molecule has 0 aliphatic heterocycles. The van der Waals surface area contributed by atoms with Crippen LogP contribution in [0.25, 0.3) is 0 Å². The minimum absolute atomic E-state index is 0.0619. The van der Waals surface area contributed by atoms with E-state index in [2.05, 4.69) is 5.32 Å². The van der Waals surface area contributed by atoms with E-state index in [1.807, 2.05) is 30.3 Å². The standard InChI is InChI=1S/C19H23N3O4/c1-21-15(11-17(23)22(2)19(21)25)18(24)20-14-9-6-10-16(14)26-12-13-7-4-3-5-8-13/h3-5,7-8,11,14,16H,6,9-10,12H2,1-2H3,(H,20,24)/t14-,16-/m1/s1. The van der Waals surface area contributed by atoms with Gasteiger partial charge in [-0.15, -0.1) is 0 Å². The Kier molecular flexibility index (Phi) is 5.37. The number of rotatable bonds is 5. The molecule has 1 aromatic heterocycles. The van der Waals surface area contributed by atoms with Crippen molar-refractivity contribution in [3.63, 3.8) is 0 Å². The van der Waals surface area contributed by atoms with Crippen LogP contribution in [0.15, 0.2) is 46.0 Å². The molecule has 1 fully saturated rings. The monoisotopic (exact) mass is 357 g/mol. The second kappa shape index (κ2) is 7.70. The van der Waals surface area contributed by atoms with Crippen LogP contribution < -0.4 is 16.6 Å². The Hall–Kier alpha value is -2.67. The Balaban J connectivity index is 1.69. The highest BCUT2D eigenvalue weighted by Gasteiger charge is 2.30. The molecule has 2 atom stereocenters. The SMILES string of the molecule is Cn1c(C(=O)N[C@@H]2CCC[C@H]2OCc2ccccc2)cc(=O)n(C)c1=O. The molecule has 0 radical (unpaired) electrons. The van der Waals surface area contributed by atoms with Crippen LogP contribution in [0.3, 0.4) is 0 Å². The summed E-state index contributed by atoms with van der Waals surface area (Å²) in [5.74, 6) is -0.428. The minimum Gasteiger partial charge on any atom is -0.371 e. The van der Waals surface area contributed by atoms with Crippen molar-refractivity contribution >= 4 is 5.91 Å². The first-order valence-corrected chi connectivity index (χ1v) is 8.71. The molecule has 1 heterocycles. The van der Waals surface area contributed by atoms with Crippen molar-refractivity contribution in [3.8, 4) is 0 Å². The van der Waals surface area contributed by atoms with Gasteiger partial charge in [0, 0.05) is 20.2 Å². The fraction of sp³-hybridized carbons (Fsp3) is 0.421. The Morgan fingerprint density at radius 3 is 2.62 bits per heavy atom. The number of amides is 1. The number of nitrogens with zero attached hydrogens (tertiary/aromatic N) is 2. The molecule has 1 N–H and O–H groups in total. The lowest BCUT2D eigenvalue weighted by molar-refractivity contribution is 0.0270. The lowest BCUT2D eigenvalue weighted by Gasteiger charge is -2.22. The third-order valence-electron chi connectivity index (χ3n) is 4.83. The maximum Gasteiger partial charge on any atom is 0.331 e. The van der Waals surface area contributed by atoms with Gasteiger partial charge in [-0.25, -0.2) is 4.79 Å². The highest BCUT2D eigenvalue weighted by atomic mass is 16.5. The van der Waals surface area contributed by atoms with Gasteiger partial charge >= 0.3 is 5.69 Å². The number of ether oxygens (including phenoxy) is 1. The van der Waals surface area contributed by atoms with Crippen LogP contribution >= 0.6 is 0 Å². The Labute approximate surface area is 151 Å². The molecule has 0 saturated heterocycles. The van der Waals surface area contributed by atoms with Crippen molar-refractivity contribution in [1.29, 1.82) is 0 Å². The van der Waals surface area contributed by atoms with E-state index >= 15 is 0 Å². The third-order valence-corrected chi connectivity index (χ3v) is 4.83. The van der Waals surface area contributed by atoms with Crippen LogP contribution in [-0.2, 0) is 25.4 Å². The minimum atomic E-state index is -0.522. The van der Waals surface area contributed by atoms with Gasteiger partial charge < -0.3 is 10.1 Å². The molecule has 1 saturated carbocycles. The van der Waals surface area contributed by atoms with Gasteiger partial charge in [0.2, 0.25) is 0 Å². The lowest BCUT2D eigenvalue weighted by Crippen LogP contribution is -2.45. The molecule has 0 spiro atoms. The highest BCUT2D eigenvalue weighted by molar-refractivity contribution is 5.92. The smallest absolute Gasteiger partial charge is 0.331 e. The van der Waals surface area contributed by atoms with Gasteiger partial charge in [0.25, 0.3) is 11.5 Å². The number of carbonyl (C=O) groups excluding carboxylic acids is 1. The van der Waals surface area contributed by atoms with Crippen LogP contribution in [0.1, 0.15) is 35.3 Å². The second-order valence-electron chi connectivity index (χ2n) is 6.61. The molecule has 1 aromatic carbocycles. The molecule has 1 aliphatic carbocycles. The number of benzene rings is 1. The summed E-state index contributed by atoms with van der Waals surface area (Å²) < 4.78 is 8.14. The van der Waals surface area contributed by atoms with Gasteiger partial charge in [-0.3, -0.25) is 18.7 Å². The fourth-order valence-corrected chi connectivity index (χ4v) is 3.26.